The van der Waals surface area contributed by atoms with Crippen LogP contribution in [0.25, 0.3) is 0 Å². The van der Waals surface area contributed by atoms with Gasteiger partial charge >= 0.3 is 0 Å². The van der Waals surface area contributed by atoms with Crippen LogP contribution in [0.15, 0.2) is 0 Å². The molecule has 1 atom stereocenters. The molecular weight excluding hydrogens is 188 g/mol. The quantitative estimate of drug-likeness (QED) is 0.753. The average molecular weight is 206 g/mol. The van der Waals surface area contributed by atoms with Crippen LogP contribution < -0.4 is 10.2 Å². The van der Waals surface area contributed by atoms with E-state index >= 15 is 0 Å². The molecule has 4 nitrogen and oxygen atoms in total. The lowest BCUT2D eigenvalue weighted by atomic mass is 10.1. The second kappa shape index (κ2) is 3.15. The molecule has 3 heterocycles. The molecule has 0 aliphatic carbocycles. The second-order valence-electron chi connectivity index (χ2n) is 4.49. The largest absolute Gasteiger partial charge is 0.378 e. The first kappa shape index (κ1) is 9.07. The van der Waals surface area contributed by atoms with Gasteiger partial charge in [0, 0.05) is 26.2 Å². The predicted molar refractivity (Wildman–Crippen MR) is 61.4 cm³/mol. The summed E-state index contributed by atoms with van der Waals surface area (Å²) >= 11 is 0. The van der Waals surface area contributed by atoms with Crippen molar-refractivity contribution in [3.05, 3.63) is 5.69 Å². The van der Waals surface area contributed by atoms with Crippen molar-refractivity contribution in [3.8, 4) is 0 Å². The SMILES string of the molecule is CCc1nn(C)c2c1NCC1CCCN21. The molecular formula is C11H18N4. The number of aromatic nitrogens is 2. The van der Waals surface area contributed by atoms with Crippen LogP contribution in [0.2, 0.25) is 0 Å². The molecule has 3 rings (SSSR count). The Bertz CT molecular complexity index is 382. The Hall–Kier alpha value is -1.19. The highest BCUT2D eigenvalue weighted by Crippen LogP contribution is 2.37. The Kier molecular flexibility index (Phi) is 1.90. The van der Waals surface area contributed by atoms with Crippen molar-refractivity contribution < 1.29 is 0 Å². The second-order valence-corrected chi connectivity index (χ2v) is 4.49. The van der Waals surface area contributed by atoms with Crippen LogP contribution in [0.1, 0.15) is 25.5 Å². The minimum Gasteiger partial charge on any atom is -0.378 e. The molecule has 1 N–H and O–H groups in total. The summed E-state index contributed by atoms with van der Waals surface area (Å²) in [6.07, 6.45) is 3.65. The maximum absolute atomic E-state index is 4.58. The van der Waals surface area contributed by atoms with Crippen LogP contribution in [0, 0.1) is 0 Å². The van der Waals surface area contributed by atoms with Crippen LogP contribution in [0.5, 0.6) is 0 Å². The molecule has 15 heavy (non-hydrogen) atoms. The molecule has 1 unspecified atom stereocenters. The van der Waals surface area contributed by atoms with Gasteiger partial charge in [0.05, 0.1) is 5.69 Å². The summed E-state index contributed by atoms with van der Waals surface area (Å²) in [6.45, 7) is 4.45. The van der Waals surface area contributed by atoms with Crippen LogP contribution in [-0.2, 0) is 13.5 Å². The summed E-state index contributed by atoms with van der Waals surface area (Å²) in [5.41, 5.74) is 2.48. The molecule has 1 fully saturated rings. The number of hydrogen-bond acceptors (Lipinski definition) is 3. The number of nitrogens with one attached hydrogen (secondary N) is 1. The Morgan fingerprint density at radius 2 is 2.40 bits per heavy atom. The lowest BCUT2D eigenvalue weighted by molar-refractivity contribution is 0.647. The highest BCUT2D eigenvalue weighted by Gasteiger charge is 2.33. The first-order valence-electron chi connectivity index (χ1n) is 5.87. The summed E-state index contributed by atoms with van der Waals surface area (Å²) in [4.78, 5) is 2.53. The van der Waals surface area contributed by atoms with Gasteiger partial charge in [-0.3, -0.25) is 4.68 Å². The fraction of sp³-hybridized carbons (Fsp3) is 0.727. The highest BCUT2D eigenvalue weighted by molar-refractivity contribution is 5.72. The molecule has 0 radical (unpaired) electrons. The first-order valence-corrected chi connectivity index (χ1v) is 5.87. The number of fused-ring (bicyclic) bond motifs is 3. The third-order valence-electron chi connectivity index (χ3n) is 3.59. The zero-order valence-corrected chi connectivity index (χ0v) is 9.45. The normalized spacial score (nSPS) is 23.6. The maximum Gasteiger partial charge on any atom is 0.150 e. The van der Waals surface area contributed by atoms with E-state index in [0.29, 0.717) is 6.04 Å². The van der Waals surface area contributed by atoms with Crippen LogP contribution >= 0.6 is 0 Å². The Balaban J connectivity index is 2.09. The third-order valence-corrected chi connectivity index (χ3v) is 3.59. The van der Waals surface area contributed by atoms with E-state index in [0.717, 1.165) is 13.0 Å². The van der Waals surface area contributed by atoms with Gasteiger partial charge in [0.2, 0.25) is 0 Å². The monoisotopic (exact) mass is 206 g/mol. The van der Waals surface area contributed by atoms with E-state index in [1.54, 1.807) is 0 Å². The van der Waals surface area contributed by atoms with Gasteiger partial charge in [0.1, 0.15) is 5.69 Å². The topological polar surface area (TPSA) is 33.1 Å². The lowest BCUT2D eigenvalue weighted by Gasteiger charge is -2.32. The van der Waals surface area contributed by atoms with E-state index < -0.39 is 0 Å². The maximum atomic E-state index is 4.58. The van der Waals surface area contributed by atoms with E-state index in [1.807, 2.05) is 4.68 Å². The molecule has 1 aromatic heterocycles. The standard InChI is InChI=1S/C11H18N4/c1-3-9-10-11(14(2)13-9)15-6-4-5-8(15)7-12-10/h8,12H,3-7H2,1-2H3. The molecule has 0 amide bonds. The van der Waals surface area contributed by atoms with Crippen molar-refractivity contribution in [2.45, 2.75) is 32.2 Å². The number of rotatable bonds is 1. The smallest absolute Gasteiger partial charge is 0.150 e. The number of nitrogens with zero attached hydrogens (tertiary/aromatic N) is 3. The zero-order chi connectivity index (χ0) is 10.4. The molecule has 1 saturated heterocycles. The summed E-state index contributed by atoms with van der Waals surface area (Å²) < 4.78 is 2.04. The molecule has 1 aromatic rings. The molecule has 0 bridgehead atoms. The zero-order valence-electron chi connectivity index (χ0n) is 9.45. The van der Waals surface area contributed by atoms with Gasteiger partial charge in [-0.05, 0) is 19.3 Å². The van der Waals surface area contributed by atoms with E-state index in [2.05, 4.69) is 29.3 Å². The molecule has 82 valence electrons. The number of hydrogen-bond donors (Lipinski definition) is 1. The first-order chi connectivity index (χ1) is 7.31. The van der Waals surface area contributed by atoms with Crippen molar-refractivity contribution in [3.63, 3.8) is 0 Å². The van der Waals surface area contributed by atoms with E-state index in [4.69, 9.17) is 0 Å². The summed E-state index contributed by atoms with van der Waals surface area (Å²) in [7, 11) is 2.06. The number of aryl methyl sites for hydroxylation is 2. The predicted octanol–water partition coefficient (Wildman–Crippen LogP) is 1.38. The molecule has 2 aliphatic heterocycles. The minimum atomic E-state index is 0.692. The van der Waals surface area contributed by atoms with Crippen LogP contribution in [0.3, 0.4) is 0 Å². The van der Waals surface area contributed by atoms with Gasteiger partial charge in [-0.1, -0.05) is 6.92 Å². The molecule has 2 aliphatic rings. The van der Waals surface area contributed by atoms with Crippen LogP contribution in [0.4, 0.5) is 11.5 Å². The summed E-state index contributed by atoms with van der Waals surface area (Å²) in [5.74, 6) is 1.31. The van der Waals surface area contributed by atoms with Gasteiger partial charge in [0.25, 0.3) is 0 Å². The van der Waals surface area contributed by atoms with E-state index in [9.17, 15) is 0 Å². The molecule has 4 heteroatoms. The minimum absolute atomic E-state index is 0.692. The molecule has 0 saturated carbocycles. The van der Waals surface area contributed by atoms with Crippen molar-refractivity contribution >= 4 is 11.5 Å². The fourth-order valence-corrected chi connectivity index (χ4v) is 2.87. The van der Waals surface area contributed by atoms with Crippen molar-refractivity contribution in [2.24, 2.45) is 7.05 Å². The van der Waals surface area contributed by atoms with Gasteiger partial charge in [0.15, 0.2) is 5.82 Å². The van der Waals surface area contributed by atoms with Crippen molar-refractivity contribution in [2.75, 3.05) is 23.3 Å². The van der Waals surface area contributed by atoms with Gasteiger partial charge in [-0.2, -0.15) is 5.10 Å². The Morgan fingerprint density at radius 1 is 1.53 bits per heavy atom. The Labute approximate surface area is 90.3 Å². The fourth-order valence-electron chi connectivity index (χ4n) is 2.87. The highest BCUT2D eigenvalue weighted by atomic mass is 15.4. The lowest BCUT2D eigenvalue weighted by Crippen LogP contribution is -2.40. The van der Waals surface area contributed by atoms with Crippen LogP contribution in [-0.4, -0.2) is 28.9 Å². The van der Waals surface area contributed by atoms with E-state index in [1.165, 1.54) is 36.6 Å². The van der Waals surface area contributed by atoms with Gasteiger partial charge in [-0.25, -0.2) is 0 Å². The van der Waals surface area contributed by atoms with Gasteiger partial charge in [-0.15, -0.1) is 0 Å². The Morgan fingerprint density at radius 3 is 3.20 bits per heavy atom. The summed E-state index contributed by atoms with van der Waals surface area (Å²) in [5, 5.41) is 8.13. The van der Waals surface area contributed by atoms with E-state index in [-0.39, 0.29) is 0 Å². The number of anilines is 2. The molecule has 0 spiro atoms. The van der Waals surface area contributed by atoms with Crippen molar-refractivity contribution in [1.29, 1.82) is 0 Å². The summed E-state index contributed by atoms with van der Waals surface area (Å²) in [6, 6.07) is 0.692. The molecule has 0 aromatic carbocycles. The average Bonchev–Trinajstić information content (AvgIpc) is 2.81. The third kappa shape index (κ3) is 1.17. The van der Waals surface area contributed by atoms with Gasteiger partial charge < -0.3 is 10.2 Å². The van der Waals surface area contributed by atoms with Crippen molar-refractivity contribution in [1.82, 2.24) is 9.78 Å².